The molecule has 0 saturated heterocycles. The second kappa shape index (κ2) is 5.76. The van der Waals surface area contributed by atoms with Crippen LogP contribution in [0.4, 0.5) is 13.2 Å². The van der Waals surface area contributed by atoms with Gasteiger partial charge < -0.3 is 9.84 Å². The Balaban J connectivity index is 2.49. The SMILES string of the molecule is O=C(O)c1ccncc1OCCSC(F)(F)F. The van der Waals surface area contributed by atoms with E-state index in [2.05, 4.69) is 4.98 Å². The number of hydrogen-bond donors (Lipinski definition) is 1. The Bertz CT molecular complexity index is 397. The molecule has 17 heavy (non-hydrogen) atoms. The molecular weight excluding hydrogens is 259 g/mol. The minimum Gasteiger partial charge on any atom is -0.490 e. The quantitative estimate of drug-likeness (QED) is 0.830. The fraction of sp³-hybridized carbons (Fsp3) is 0.333. The Kier molecular flexibility index (Phi) is 4.62. The fourth-order valence-electron chi connectivity index (χ4n) is 0.981. The number of alkyl halides is 3. The van der Waals surface area contributed by atoms with Crippen molar-refractivity contribution in [3.05, 3.63) is 24.0 Å². The minimum atomic E-state index is -4.31. The second-order valence-electron chi connectivity index (χ2n) is 2.82. The lowest BCUT2D eigenvalue weighted by molar-refractivity contribution is -0.0329. The van der Waals surface area contributed by atoms with Gasteiger partial charge in [0.15, 0.2) is 5.75 Å². The molecule has 1 heterocycles. The van der Waals surface area contributed by atoms with Gasteiger partial charge in [-0.1, -0.05) is 0 Å². The average Bonchev–Trinajstić information content (AvgIpc) is 2.23. The van der Waals surface area contributed by atoms with E-state index in [4.69, 9.17) is 9.84 Å². The van der Waals surface area contributed by atoms with Crippen molar-refractivity contribution >= 4 is 17.7 Å². The molecule has 0 bridgehead atoms. The molecule has 0 saturated carbocycles. The van der Waals surface area contributed by atoms with E-state index in [9.17, 15) is 18.0 Å². The zero-order valence-corrected chi connectivity index (χ0v) is 9.22. The lowest BCUT2D eigenvalue weighted by Crippen LogP contribution is -2.09. The van der Waals surface area contributed by atoms with Crippen LogP contribution in [0.1, 0.15) is 10.4 Å². The van der Waals surface area contributed by atoms with Crippen LogP contribution in [-0.2, 0) is 0 Å². The van der Waals surface area contributed by atoms with Gasteiger partial charge in [-0.15, -0.1) is 0 Å². The molecule has 8 heteroatoms. The van der Waals surface area contributed by atoms with Crippen LogP contribution in [0.3, 0.4) is 0 Å². The van der Waals surface area contributed by atoms with Gasteiger partial charge in [0.25, 0.3) is 0 Å². The van der Waals surface area contributed by atoms with Crippen molar-refractivity contribution in [3.8, 4) is 5.75 Å². The third-order valence-corrected chi connectivity index (χ3v) is 2.32. The molecule has 0 unspecified atom stereocenters. The van der Waals surface area contributed by atoms with Gasteiger partial charge >= 0.3 is 11.5 Å². The molecule has 1 aromatic rings. The van der Waals surface area contributed by atoms with Crippen LogP contribution < -0.4 is 4.74 Å². The summed E-state index contributed by atoms with van der Waals surface area (Å²) in [6, 6.07) is 1.22. The maximum atomic E-state index is 11.8. The van der Waals surface area contributed by atoms with E-state index >= 15 is 0 Å². The molecule has 0 aliphatic carbocycles. The third-order valence-electron chi connectivity index (χ3n) is 1.62. The zero-order valence-electron chi connectivity index (χ0n) is 8.40. The Morgan fingerprint density at radius 3 is 2.82 bits per heavy atom. The number of thioether (sulfide) groups is 1. The summed E-state index contributed by atoms with van der Waals surface area (Å²) in [6.45, 7) is -0.240. The molecule has 0 amide bonds. The zero-order chi connectivity index (χ0) is 12.9. The van der Waals surface area contributed by atoms with Crippen LogP contribution in [0, 0.1) is 0 Å². The number of carboxylic acid groups (broad SMARTS) is 1. The smallest absolute Gasteiger partial charge is 0.441 e. The molecule has 1 rings (SSSR count). The van der Waals surface area contributed by atoms with Crippen LogP contribution in [0.5, 0.6) is 5.75 Å². The van der Waals surface area contributed by atoms with Crippen molar-refractivity contribution in [2.75, 3.05) is 12.4 Å². The molecule has 0 aliphatic rings. The minimum absolute atomic E-state index is 0.0391. The summed E-state index contributed by atoms with van der Waals surface area (Å²) in [6.07, 6.45) is 2.42. The normalized spacial score (nSPS) is 11.2. The first-order valence-electron chi connectivity index (χ1n) is 4.41. The van der Waals surface area contributed by atoms with Gasteiger partial charge in [-0.2, -0.15) is 13.2 Å². The molecule has 4 nitrogen and oxygen atoms in total. The first-order valence-corrected chi connectivity index (χ1v) is 5.39. The van der Waals surface area contributed by atoms with E-state index in [1.165, 1.54) is 12.3 Å². The van der Waals surface area contributed by atoms with Crippen LogP contribution in [0.15, 0.2) is 18.5 Å². The number of hydrogen-bond acceptors (Lipinski definition) is 4. The lowest BCUT2D eigenvalue weighted by Gasteiger charge is -2.09. The lowest BCUT2D eigenvalue weighted by atomic mass is 10.2. The van der Waals surface area contributed by atoms with E-state index in [1.54, 1.807) is 0 Å². The molecule has 1 aromatic heterocycles. The molecular formula is C9H8F3NO3S. The van der Waals surface area contributed by atoms with Gasteiger partial charge in [0.1, 0.15) is 5.56 Å². The number of carboxylic acids is 1. The molecule has 0 fully saturated rings. The highest BCUT2D eigenvalue weighted by Gasteiger charge is 2.27. The number of rotatable bonds is 5. The van der Waals surface area contributed by atoms with Gasteiger partial charge in [-0.05, 0) is 17.8 Å². The van der Waals surface area contributed by atoms with Crippen LogP contribution in [-0.4, -0.2) is 33.9 Å². The predicted molar refractivity (Wildman–Crippen MR) is 55.2 cm³/mol. The Labute approximate surface area is 98.8 Å². The van der Waals surface area contributed by atoms with Crippen molar-refractivity contribution in [1.82, 2.24) is 4.98 Å². The van der Waals surface area contributed by atoms with Crippen molar-refractivity contribution in [2.24, 2.45) is 0 Å². The monoisotopic (exact) mass is 267 g/mol. The van der Waals surface area contributed by atoms with E-state index in [1.807, 2.05) is 0 Å². The van der Waals surface area contributed by atoms with Gasteiger partial charge in [-0.25, -0.2) is 4.79 Å². The molecule has 94 valence electrons. The van der Waals surface area contributed by atoms with Crippen LogP contribution in [0.2, 0.25) is 0 Å². The van der Waals surface area contributed by atoms with E-state index in [-0.39, 0.29) is 35.4 Å². The summed E-state index contributed by atoms with van der Waals surface area (Å²) in [7, 11) is 0. The maximum Gasteiger partial charge on any atom is 0.441 e. The van der Waals surface area contributed by atoms with Gasteiger partial charge in [0.05, 0.1) is 12.8 Å². The standard InChI is InChI=1S/C9H8F3NO3S/c10-9(11,12)17-4-3-16-7-5-13-2-1-6(7)8(14)15/h1-2,5H,3-4H2,(H,14,15). The highest BCUT2D eigenvalue weighted by molar-refractivity contribution is 8.00. The van der Waals surface area contributed by atoms with E-state index < -0.39 is 11.5 Å². The first-order chi connectivity index (χ1) is 7.90. The summed E-state index contributed by atoms with van der Waals surface area (Å²) < 4.78 is 40.3. The van der Waals surface area contributed by atoms with E-state index in [0.29, 0.717) is 0 Å². The third kappa shape index (κ3) is 4.94. The largest absolute Gasteiger partial charge is 0.490 e. The topological polar surface area (TPSA) is 59.4 Å². The van der Waals surface area contributed by atoms with Crippen LogP contribution in [0.25, 0.3) is 0 Å². The Morgan fingerprint density at radius 1 is 1.53 bits per heavy atom. The number of aromatic nitrogens is 1. The van der Waals surface area contributed by atoms with Crippen molar-refractivity contribution in [2.45, 2.75) is 5.51 Å². The van der Waals surface area contributed by atoms with Crippen molar-refractivity contribution in [3.63, 3.8) is 0 Å². The summed E-state index contributed by atoms with van der Waals surface area (Å²) >= 11 is -0.226. The van der Waals surface area contributed by atoms with Gasteiger partial charge in [0, 0.05) is 11.9 Å². The highest BCUT2D eigenvalue weighted by atomic mass is 32.2. The highest BCUT2D eigenvalue weighted by Crippen LogP contribution is 2.29. The molecule has 0 aromatic carbocycles. The molecule has 0 spiro atoms. The number of carbonyl (C=O) groups is 1. The second-order valence-corrected chi connectivity index (χ2v) is 3.98. The first kappa shape index (κ1) is 13.6. The fourth-order valence-corrected chi connectivity index (χ4v) is 1.38. The van der Waals surface area contributed by atoms with Gasteiger partial charge in [-0.3, -0.25) is 4.98 Å². The Hall–Kier alpha value is -1.44. The average molecular weight is 267 g/mol. The molecule has 1 N–H and O–H groups in total. The summed E-state index contributed by atoms with van der Waals surface area (Å²) in [5, 5.41) is 8.76. The number of ether oxygens (including phenoxy) is 1. The number of nitrogens with zero attached hydrogens (tertiary/aromatic N) is 1. The summed E-state index contributed by atoms with van der Waals surface area (Å²) in [4.78, 5) is 14.4. The van der Waals surface area contributed by atoms with E-state index in [0.717, 1.165) is 6.20 Å². The predicted octanol–water partition coefficient (Wildman–Crippen LogP) is 2.41. The number of pyridine rings is 1. The Morgan fingerprint density at radius 2 is 2.24 bits per heavy atom. The van der Waals surface area contributed by atoms with Crippen molar-refractivity contribution in [1.29, 1.82) is 0 Å². The number of halogens is 3. The summed E-state index contributed by atoms with van der Waals surface area (Å²) in [5.41, 5.74) is -4.44. The maximum absolute atomic E-state index is 11.8. The molecule has 0 radical (unpaired) electrons. The molecule has 0 atom stereocenters. The molecule has 0 aliphatic heterocycles. The number of aromatic carboxylic acids is 1. The summed E-state index contributed by atoms with van der Waals surface area (Å²) in [5.74, 6) is -1.56. The van der Waals surface area contributed by atoms with Crippen molar-refractivity contribution < 1.29 is 27.8 Å². The van der Waals surface area contributed by atoms with Gasteiger partial charge in [0.2, 0.25) is 0 Å². The van der Waals surface area contributed by atoms with Crippen LogP contribution >= 0.6 is 11.8 Å².